The minimum atomic E-state index is -0.164. The van der Waals surface area contributed by atoms with E-state index in [1.54, 1.807) is 18.0 Å². The van der Waals surface area contributed by atoms with Crippen LogP contribution in [-0.4, -0.2) is 33.2 Å². The lowest BCUT2D eigenvalue weighted by Gasteiger charge is -2.13. The third kappa shape index (κ3) is 3.75. The van der Waals surface area contributed by atoms with E-state index in [2.05, 4.69) is 10.3 Å². The number of rotatable bonds is 6. The molecule has 0 atom stereocenters. The van der Waals surface area contributed by atoms with E-state index in [9.17, 15) is 9.59 Å². The average molecular weight is 431 g/mol. The molecule has 32 heavy (non-hydrogen) atoms. The van der Waals surface area contributed by atoms with E-state index >= 15 is 0 Å². The quantitative estimate of drug-likeness (QED) is 0.508. The average Bonchev–Trinajstić information content (AvgIpc) is 3.43. The van der Waals surface area contributed by atoms with Crippen molar-refractivity contribution < 1.29 is 9.53 Å². The van der Waals surface area contributed by atoms with Crippen LogP contribution in [0.1, 0.15) is 31.2 Å². The van der Waals surface area contributed by atoms with Gasteiger partial charge in [-0.1, -0.05) is 43.2 Å². The molecule has 7 heteroatoms. The molecule has 164 valence electrons. The monoisotopic (exact) mass is 430 g/mol. The van der Waals surface area contributed by atoms with Crippen LogP contribution in [0.3, 0.4) is 0 Å². The summed E-state index contributed by atoms with van der Waals surface area (Å²) in [6, 6.07) is 15.6. The van der Waals surface area contributed by atoms with Gasteiger partial charge in [0.2, 0.25) is 5.91 Å². The lowest BCUT2D eigenvalue weighted by molar-refractivity contribution is -0.122. The lowest BCUT2D eigenvalue weighted by Crippen LogP contribution is -2.35. The molecule has 1 aliphatic carbocycles. The third-order valence-corrected chi connectivity index (χ3v) is 6.24. The molecule has 2 heterocycles. The second kappa shape index (κ2) is 8.49. The van der Waals surface area contributed by atoms with E-state index < -0.39 is 0 Å². The van der Waals surface area contributed by atoms with Crippen molar-refractivity contribution in [1.82, 2.24) is 19.4 Å². The van der Waals surface area contributed by atoms with E-state index in [1.165, 1.54) is 0 Å². The zero-order chi connectivity index (χ0) is 22.1. The van der Waals surface area contributed by atoms with E-state index in [4.69, 9.17) is 4.74 Å². The molecule has 0 aliphatic heterocycles. The first-order chi connectivity index (χ1) is 15.6. The largest absolute Gasteiger partial charge is 0.497 e. The Morgan fingerprint density at radius 3 is 2.78 bits per heavy atom. The van der Waals surface area contributed by atoms with Gasteiger partial charge in [0, 0.05) is 11.4 Å². The minimum Gasteiger partial charge on any atom is -0.497 e. The zero-order valence-electron chi connectivity index (χ0n) is 18.1. The van der Waals surface area contributed by atoms with E-state index in [0.717, 1.165) is 47.9 Å². The molecule has 1 saturated carbocycles. The van der Waals surface area contributed by atoms with Crippen LogP contribution >= 0.6 is 0 Å². The predicted molar refractivity (Wildman–Crippen MR) is 124 cm³/mol. The molecule has 1 aliphatic rings. The molecule has 0 radical (unpaired) electrons. The number of hydrogen-bond acceptors (Lipinski definition) is 4. The Balaban J connectivity index is 1.56. The van der Waals surface area contributed by atoms with Crippen molar-refractivity contribution in [2.75, 3.05) is 7.11 Å². The Bertz CT molecular complexity index is 1350. The summed E-state index contributed by atoms with van der Waals surface area (Å²) in [6.45, 7) is 0.468. The van der Waals surface area contributed by atoms with Crippen LogP contribution in [-0.2, 0) is 17.9 Å². The number of carbonyl (C=O) groups excluding carboxylic acids is 1. The number of aromatic nitrogens is 3. The van der Waals surface area contributed by atoms with Crippen molar-refractivity contribution in [3.8, 4) is 5.75 Å². The number of nitrogens with one attached hydrogen (secondary N) is 1. The van der Waals surface area contributed by atoms with Crippen molar-refractivity contribution in [3.63, 3.8) is 0 Å². The maximum absolute atomic E-state index is 13.5. The van der Waals surface area contributed by atoms with Gasteiger partial charge in [0.1, 0.15) is 23.3 Å². The summed E-state index contributed by atoms with van der Waals surface area (Å²) in [5, 5.41) is 4.01. The number of nitrogens with zero attached hydrogens (tertiary/aromatic N) is 3. The van der Waals surface area contributed by atoms with Crippen molar-refractivity contribution in [2.45, 2.75) is 44.8 Å². The molecule has 7 nitrogen and oxygen atoms in total. The molecule has 1 amide bonds. The summed E-state index contributed by atoms with van der Waals surface area (Å²) in [5.41, 5.74) is 2.70. The first-order valence-corrected chi connectivity index (χ1v) is 11.0. The molecule has 1 N–H and O–H groups in total. The van der Waals surface area contributed by atoms with E-state index in [-0.39, 0.29) is 24.1 Å². The Hall–Kier alpha value is -3.61. The fourth-order valence-electron chi connectivity index (χ4n) is 4.68. The summed E-state index contributed by atoms with van der Waals surface area (Å²) in [4.78, 5) is 31.0. The summed E-state index contributed by atoms with van der Waals surface area (Å²) >= 11 is 0. The van der Waals surface area contributed by atoms with Crippen LogP contribution in [0.15, 0.2) is 59.7 Å². The van der Waals surface area contributed by atoms with Gasteiger partial charge in [0.15, 0.2) is 0 Å². The van der Waals surface area contributed by atoms with E-state index in [1.807, 2.05) is 53.1 Å². The first-order valence-electron chi connectivity index (χ1n) is 11.0. The van der Waals surface area contributed by atoms with Gasteiger partial charge >= 0.3 is 0 Å². The molecular formula is C25H26N4O3. The van der Waals surface area contributed by atoms with Crippen molar-refractivity contribution in [3.05, 3.63) is 70.8 Å². The van der Waals surface area contributed by atoms with Crippen LogP contribution in [0.2, 0.25) is 0 Å². The number of ether oxygens (including phenoxy) is 1. The van der Waals surface area contributed by atoms with Crippen LogP contribution in [0, 0.1) is 0 Å². The van der Waals surface area contributed by atoms with Crippen molar-refractivity contribution >= 4 is 27.8 Å². The van der Waals surface area contributed by atoms with Crippen LogP contribution in [0.5, 0.6) is 5.75 Å². The molecule has 0 unspecified atom stereocenters. The number of methoxy groups -OCH3 is 1. The van der Waals surface area contributed by atoms with Gasteiger partial charge in [0.25, 0.3) is 5.56 Å². The summed E-state index contributed by atoms with van der Waals surface area (Å²) < 4.78 is 8.70. The molecule has 0 bridgehead atoms. The second-order valence-corrected chi connectivity index (χ2v) is 8.38. The fraction of sp³-hybridized carbons (Fsp3) is 0.320. The number of carbonyl (C=O) groups is 1. The number of hydrogen-bond donors (Lipinski definition) is 1. The highest BCUT2D eigenvalue weighted by Crippen LogP contribution is 2.25. The Labute approximate surface area is 185 Å². The van der Waals surface area contributed by atoms with Crippen molar-refractivity contribution in [2.24, 2.45) is 0 Å². The highest BCUT2D eigenvalue weighted by Gasteiger charge is 2.21. The molecule has 0 spiro atoms. The number of amides is 1. The van der Waals surface area contributed by atoms with E-state index in [0.29, 0.717) is 17.6 Å². The summed E-state index contributed by atoms with van der Waals surface area (Å²) in [5.74, 6) is 0.671. The summed E-state index contributed by atoms with van der Waals surface area (Å²) in [7, 11) is 1.62. The highest BCUT2D eigenvalue weighted by molar-refractivity contribution is 6.06. The first kappa shape index (κ1) is 20.3. The Morgan fingerprint density at radius 1 is 1.16 bits per heavy atom. The van der Waals surface area contributed by atoms with Gasteiger partial charge in [-0.15, -0.1) is 0 Å². The van der Waals surface area contributed by atoms with Gasteiger partial charge in [-0.3, -0.25) is 14.2 Å². The predicted octanol–water partition coefficient (Wildman–Crippen LogP) is 3.47. The smallest absolute Gasteiger partial charge is 0.278 e. The highest BCUT2D eigenvalue weighted by atomic mass is 16.5. The standard InChI is InChI=1S/C25H26N4O3/c1-32-19-10-6-7-17(13-19)14-28-16-26-23-20-11-4-5-12-21(20)29(24(23)25(28)31)15-22(30)27-18-8-2-3-9-18/h4-7,10-13,16,18H,2-3,8-9,14-15H2,1H3,(H,27,30). The van der Waals surface area contributed by atoms with Crippen molar-refractivity contribution in [1.29, 1.82) is 0 Å². The Kier molecular flexibility index (Phi) is 5.39. The number of fused-ring (bicyclic) bond motifs is 3. The second-order valence-electron chi connectivity index (χ2n) is 8.38. The summed E-state index contributed by atoms with van der Waals surface area (Å²) in [6.07, 6.45) is 5.93. The zero-order valence-corrected chi connectivity index (χ0v) is 18.1. The maximum Gasteiger partial charge on any atom is 0.278 e. The van der Waals surface area contributed by atoms with Gasteiger partial charge < -0.3 is 14.6 Å². The van der Waals surface area contributed by atoms with Crippen LogP contribution < -0.4 is 15.6 Å². The van der Waals surface area contributed by atoms with Gasteiger partial charge in [-0.2, -0.15) is 0 Å². The molecule has 2 aromatic carbocycles. The number of para-hydroxylation sites is 1. The number of benzene rings is 2. The minimum absolute atomic E-state index is 0.0675. The SMILES string of the molecule is COc1cccc(Cn2cnc3c4ccccc4n(CC(=O)NC4CCCC4)c3c2=O)c1. The van der Waals surface area contributed by atoms with Crippen LogP contribution in [0.25, 0.3) is 21.9 Å². The maximum atomic E-state index is 13.5. The fourth-order valence-corrected chi connectivity index (χ4v) is 4.68. The third-order valence-electron chi connectivity index (χ3n) is 6.24. The Morgan fingerprint density at radius 2 is 1.97 bits per heavy atom. The lowest BCUT2D eigenvalue weighted by atomic mass is 10.2. The molecule has 1 fully saturated rings. The van der Waals surface area contributed by atoms with Gasteiger partial charge in [-0.25, -0.2) is 4.98 Å². The van der Waals surface area contributed by atoms with Gasteiger partial charge in [0.05, 0.1) is 25.5 Å². The van der Waals surface area contributed by atoms with Crippen LogP contribution in [0.4, 0.5) is 0 Å². The van der Waals surface area contributed by atoms with Gasteiger partial charge in [-0.05, 0) is 36.6 Å². The normalized spacial score (nSPS) is 14.3. The molecule has 0 saturated heterocycles. The molecule has 2 aromatic heterocycles. The molecular weight excluding hydrogens is 404 g/mol. The topological polar surface area (TPSA) is 78.2 Å². The molecule has 4 aromatic rings. The molecule has 5 rings (SSSR count).